The molecule has 1 saturated carbocycles. The summed E-state index contributed by atoms with van der Waals surface area (Å²) in [6.45, 7) is 2.21. The zero-order valence-electron chi connectivity index (χ0n) is 13.3. The van der Waals surface area contributed by atoms with Crippen LogP contribution in [0.1, 0.15) is 50.6 Å². The largest absolute Gasteiger partial charge is 0.353 e. The van der Waals surface area contributed by atoms with Crippen molar-refractivity contribution in [2.75, 3.05) is 0 Å². The summed E-state index contributed by atoms with van der Waals surface area (Å²) in [7, 11) is 0. The predicted octanol–water partition coefficient (Wildman–Crippen LogP) is 2.62. The van der Waals surface area contributed by atoms with Gasteiger partial charge in [0.2, 0.25) is 5.91 Å². The van der Waals surface area contributed by atoms with Crippen LogP contribution in [-0.2, 0) is 4.79 Å². The van der Waals surface area contributed by atoms with Gasteiger partial charge in [0.15, 0.2) is 0 Å². The molecule has 0 radical (unpaired) electrons. The van der Waals surface area contributed by atoms with Crippen LogP contribution in [0, 0.1) is 11.7 Å². The number of amides is 3. The molecule has 3 amide bonds. The number of primary amides is 1. The van der Waals surface area contributed by atoms with Crippen molar-refractivity contribution in [3.63, 3.8) is 0 Å². The minimum Gasteiger partial charge on any atom is -0.353 e. The lowest BCUT2D eigenvalue weighted by Gasteiger charge is -2.27. The molecule has 1 aromatic carbocycles. The Balaban J connectivity index is 1.98. The van der Waals surface area contributed by atoms with Gasteiger partial charge in [-0.15, -0.1) is 0 Å². The van der Waals surface area contributed by atoms with Crippen LogP contribution in [0.2, 0.25) is 0 Å². The van der Waals surface area contributed by atoms with Crippen molar-refractivity contribution in [3.05, 3.63) is 35.6 Å². The third-order valence-electron chi connectivity index (χ3n) is 4.37. The van der Waals surface area contributed by atoms with Crippen LogP contribution in [0.3, 0.4) is 0 Å². The van der Waals surface area contributed by atoms with Crippen LogP contribution in [-0.4, -0.2) is 18.0 Å². The molecule has 6 heteroatoms. The van der Waals surface area contributed by atoms with Crippen molar-refractivity contribution in [1.29, 1.82) is 0 Å². The first-order chi connectivity index (χ1) is 11.0. The second kappa shape index (κ2) is 7.94. The number of carbonyl (C=O) groups is 2. The molecular formula is C17H24FN3O2. The molecule has 1 fully saturated rings. The fourth-order valence-electron chi connectivity index (χ4n) is 3.04. The number of halogens is 1. The van der Waals surface area contributed by atoms with Crippen molar-refractivity contribution in [2.24, 2.45) is 11.7 Å². The lowest BCUT2D eigenvalue weighted by Crippen LogP contribution is -2.41. The maximum absolute atomic E-state index is 13.9. The number of nitrogens with one attached hydrogen (secondary N) is 2. The van der Waals surface area contributed by atoms with Crippen LogP contribution >= 0.6 is 0 Å². The number of hydrogen-bond acceptors (Lipinski definition) is 2. The van der Waals surface area contributed by atoms with E-state index in [0.717, 1.165) is 25.7 Å². The summed E-state index contributed by atoms with van der Waals surface area (Å²) >= 11 is 0. The van der Waals surface area contributed by atoms with Crippen LogP contribution < -0.4 is 16.4 Å². The first-order valence-electron chi connectivity index (χ1n) is 8.05. The van der Waals surface area contributed by atoms with Crippen LogP contribution in [0.5, 0.6) is 0 Å². The molecular weight excluding hydrogens is 297 g/mol. The summed E-state index contributed by atoms with van der Waals surface area (Å²) in [6.07, 6.45) is 4.08. The molecule has 0 bridgehead atoms. The average molecular weight is 321 g/mol. The van der Waals surface area contributed by atoms with Crippen molar-refractivity contribution in [2.45, 2.75) is 51.1 Å². The Morgan fingerprint density at radius 3 is 2.52 bits per heavy atom. The van der Waals surface area contributed by atoms with Gasteiger partial charge in [0.1, 0.15) is 5.82 Å². The Kier molecular flexibility index (Phi) is 5.96. The predicted molar refractivity (Wildman–Crippen MR) is 86.0 cm³/mol. The Morgan fingerprint density at radius 1 is 1.26 bits per heavy atom. The fraction of sp³-hybridized carbons (Fsp3) is 0.529. The van der Waals surface area contributed by atoms with Gasteiger partial charge in [0, 0.05) is 11.6 Å². The molecule has 0 aliphatic heterocycles. The summed E-state index contributed by atoms with van der Waals surface area (Å²) in [6, 6.07) is 4.68. The summed E-state index contributed by atoms with van der Waals surface area (Å²) < 4.78 is 13.9. The fourth-order valence-corrected chi connectivity index (χ4v) is 3.04. The normalized spacial score (nSPS) is 22.2. The molecule has 0 heterocycles. The standard InChI is InChI=1S/C17H24FN3O2/c1-11-6-8-12(9-7-11)20-16(22)10-15(21-17(19)23)13-4-2-3-5-14(13)18/h2-5,11-12,15H,6-10H2,1H3,(H,20,22)(H3,19,21,23)/t11?,12?,15-/m0/s1. The maximum Gasteiger partial charge on any atom is 0.312 e. The van der Waals surface area contributed by atoms with E-state index in [1.807, 2.05) is 0 Å². The van der Waals surface area contributed by atoms with Crippen molar-refractivity contribution in [1.82, 2.24) is 10.6 Å². The topological polar surface area (TPSA) is 84.2 Å². The van der Waals surface area contributed by atoms with Crippen LogP contribution in [0.25, 0.3) is 0 Å². The van der Waals surface area contributed by atoms with E-state index in [9.17, 15) is 14.0 Å². The molecule has 5 nitrogen and oxygen atoms in total. The van der Waals surface area contributed by atoms with Gasteiger partial charge >= 0.3 is 6.03 Å². The average Bonchev–Trinajstić information content (AvgIpc) is 2.49. The number of carbonyl (C=O) groups excluding carboxylic acids is 2. The molecule has 1 aliphatic carbocycles. The monoisotopic (exact) mass is 321 g/mol. The highest BCUT2D eigenvalue weighted by Crippen LogP contribution is 2.24. The zero-order chi connectivity index (χ0) is 16.8. The molecule has 23 heavy (non-hydrogen) atoms. The summed E-state index contributed by atoms with van der Waals surface area (Å²) in [4.78, 5) is 23.4. The second-order valence-electron chi connectivity index (χ2n) is 6.31. The maximum atomic E-state index is 13.9. The van der Waals surface area contributed by atoms with E-state index in [2.05, 4.69) is 17.6 Å². The second-order valence-corrected chi connectivity index (χ2v) is 6.31. The molecule has 1 atom stereocenters. The van der Waals surface area contributed by atoms with Gasteiger partial charge in [-0.05, 0) is 37.7 Å². The van der Waals surface area contributed by atoms with Gasteiger partial charge in [-0.25, -0.2) is 9.18 Å². The Bertz CT molecular complexity index is 557. The van der Waals surface area contributed by atoms with Crippen LogP contribution in [0.15, 0.2) is 24.3 Å². The number of urea groups is 1. The van der Waals surface area contributed by atoms with Gasteiger partial charge in [0.05, 0.1) is 12.5 Å². The lowest BCUT2D eigenvalue weighted by atomic mass is 9.87. The van der Waals surface area contributed by atoms with E-state index in [1.54, 1.807) is 18.2 Å². The Labute approximate surface area is 135 Å². The minimum atomic E-state index is -0.780. The van der Waals surface area contributed by atoms with E-state index in [0.29, 0.717) is 5.92 Å². The zero-order valence-corrected chi connectivity index (χ0v) is 13.3. The smallest absolute Gasteiger partial charge is 0.312 e. The Hall–Kier alpha value is -2.11. The highest BCUT2D eigenvalue weighted by atomic mass is 19.1. The number of nitrogens with two attached hydrogens (primary N) is 1. The first-order valence-corrected chi connectivity index (χ1v) is 8.05. The van der Waals surface area contributed by atoms with Gasteiger partial charge in [0.25, 0.3) is 0 Å². The van der Waals surface area contributed by atoms with Gasteiger partial charge < -0.3 is 16.4 Å². The molecule has 1 aromatic rings. The van der Waals surface area contributed by atoms with E-state index in [-0.39, 0.29) is 23.9 Å². The SMILES string of the molecule is CC1CCC(NC(=O)C[C@H](NC(N)=O)c2ccccc2F)CC1. The number of benzene rings is 1. The highest BCUT2D eigenvalue weighted by Gasteiger charge is 2.24. The van der Waals surface area contributed by atoms with Crippen molar-refractivity contribution >= 4 is 11.9 Å². The summed E-state index contributed by atoms with van der Waals surface area (Å²) in [5.74, 6) is 0.0305. The minimum absolute atomic E-state index is 0.0318. The third-order valence-corrected chi connectivity index (χ3v) is 4.37. The number of rotatable bonds is 5. The van der Waals surface area contributed by atoms with Gasteiger partial charge in [-0.2, -0.15) is 0 Å². The highest BCUT2D eigenvalue weighted by molar-refractivity contribution is 5.79. The molecule has 0 spiro atoms. The van der Waals surface area contributed by atoms with Crippen molar-refractivity contribution in [3.8, 4) is 0 Å². The van der Waals surface area contributed by atoms with E-state index >= 15 is 0 Å². The van der Waals surface area contributed by atoms with E-state index in [1.165, 1.54) is 6.07 Å². The van der Waals surface area contributed by atoms with Gasteiger partial charge in [-0.3, -0.25) is 4.79 Å². The molecule has 1 aliphatic rings. The molecule has 126 valence electrons. The molecule has 4 N–H and O–H groups in total. The van der Waals surface area contributed by atoms with Crippen molar-refractivity contribution < 1.29 is 14.0 Å². The van der Waals surface area contributed by atoms with Gasteiger partial charge in [-0.1, -0.05) is 25.1 Å². The molecule has 0 aromatic heterocycles. The lowest BCUT2D eigenvalue weighted by molar-refractivity contribution is -0.122. The molecule has 0 saturated heterocycles. The molecule has 2 rings (SSSR count). The quantitative estimate of drug-likeness (QED) is 0.779. The third kappa shape index (κ3) is 5.23. The summed E-state index contributed by atoms with van der Waals surface area (Å²) in [5, 5.41) is 5.43. The first kappa shape index (κ1) is 17.2. The Morgan fingerprint density at radius 2 is 1.91 bits per heavy atom. The van der Waals surface area contributed by atoms with E-state index in [4.69, 9.17) is 5.73 Å². The van der Waals surface area contributed by atoms with E-state index < -0.39 is 17.9 Å². The van der Waals surface area contributed by atoms with Crippen LogP contribution in [0.4, 0.5) is 9.18 Å². The summed E-state index contributed by atoms with van der Waals surface area (Å²) in [5.41, 5.74) is 5.41. The number of hydrogen-bond donors (Lipinski definition) is 3. The molecule has 0 unspecified atom stereocenters.